The predicted molar refractivity (Wildman–Crippen MR) is 34.6 cm³/mol. The SMILES string of the molecule is C=CC1NCCN1C. The third-order valence-electron chi connectivity index (χ3n) is 1.52. The highest BCUT2D eigenvalue weighted by Crippen LogP contribution is 1.97. The molecular formula is C6H12N2. The van der Waals surface area contributed by atoms with Crippen molar-refractivity contribution in [2.75, 3.05) is 20.1 Å². The van der Waals surface area contributed by atoms with Crippen LogP contribution in [0.25, 0.3) is 0 Å². The Bertz CT molecular complexity index is 90.5. The molecule has 0 aliphatic carbocycles. The van der Waals surface area contributed by atoms with E-state index in [0.717, 1.165) is 13.1 Å². The van der Waals surface area contributed by atoms with Crippen molar-refractivity contribution in [1.29, 1.82) is 0 Å². The molecule has 1 aliphatic heterocycles. The second-order valence-electron chi connectivity index (χ2n) is 2.12. The Morgan fingerprint density at radius 2 is 2.62 bits per heavy atom. The molecule has 0 radical (unpaired) electrons. The molecule has 0 bridgehead atoms. The van der Waals surface area contributed by atoms with Gasteiger partial charge in [0.2, 0.25) is 0 Å². The standard InChI is InChI=1S/C6H12N2/c1-3-6-7-4-5-8(6)2/h3,6-7H,1,4-5H2,2H3. The summed E-state index contributed by atoms with van der Waals surface area (Å²) in [6, 6.07) is 0. The first-order valence-electron chi connectivity index (χ1n) is 2.91. The van der Waals surface area contributed by atoms with Crippen molar-refractivity contribution in [2.45, 2.75) is 6.17 Å². The minimum Gasteiger partial charge on any atom is -0.297 e. The van der Waals surface area contributed by atoms with Gasteiger partial charge >= 0.3 is 0 Å². The lowest BCUT2D eigenvalue weighted by molar-refractivity contribution is 0.345. The Kier molecular flexibility index (Phi) is 1.65. The smallest absolute Gasteiger partial charge is 0.0785 e. The molecule has 0 aromatic heterocycles. The van der Waals surface area contributed by atoms with Crippen LogP contribution in [0.4, 0.5) is 0 Å². The van der Waals surface area contributed by atoms with Gasteiger partial charge < -0.3 is 0 Å². The lowest BCUT2D eigenvalue weighted by Crippen LogP contribution is -2.29. The molecule has 1 atom stereocenters. The average Bonchev–Trinajstić information content (AvgIpc) is 2.14. The van der Waals surface area contributed by atoms with E-state index in [1.54, 1.807) is 0 Å². The van der Waals surface area contributed by atoms with E-state index in [2.05, 4.69) is 23.8 Å². The largest absolute Gasteiger partial charge is 0.297 e. The maximum absolute atomic E-state index is 3.69. The normalized spacial score (nSPS) is 30.9. The minimum atomic E-state index is 0.412. The second-order valence-corrected chi connectivity index (χ2v) is 2.12. The summed E-state index contributed by atoms with van der Waals surface area (Å²) >= 11 is 0. The highest BCUT2D eigenvalue weighted by Gasteiger charge is 2.14. The van der Waals surface area contributed by atoms with Gasteiger partial charge in [-0.15, -0.1) is 6.58 Å². The molecule has 0 spiro atoms. The van der Waals surface area contributed by atoms with Crippen LogP contribution in [0.3, 0.4) is 0 Å². The van der Waals surface area contributed by atoms with Crippen molar-refractivity contribution in [3.63, 3.8) is 0 Å². The van der Waals surface area contributed by atoms with E-state index in [1.165, 1.54) is 0 Å². The molecule has 1 unspecified atom stereocenters. The predicted octanol–water partition coefficient (Wildman–Crippen LogP) is 0.0335. The van der Waals surface area contributed by atoms with Crippen molar-refractivity contribution < 1.29 is 0 Å². The highest BCUT2D eigenvalue weighted by molar-refractivity contribution is 4.88. The molecule has 2 nitrogen and oxygen atoms in total. The van der Waals surface area contributed by atoms with Gasteiger partial charge in [-0.25, -0.2) is 0 Å². The van der Waals surface area contributed by atoms with Gasteiger partial charge in [0.05, 0.1) is 6.17 Å². The molecular weight excluding hydrogens is 100 g/mol. The van der Waals surface area contributed by atoms with Crippen LogP contribution >= 0.6 is 0 Å². The van der Waals surface area contributed by atoms with Gasteiger partial charge in [0.25, 0.3) is 0 Å². The molecule has 46 valence electrons. The fraction of sp³-hybridized carbons (Fsp3) is 0.667. The van der Waals surface area contributed by atoms with Crippen molar-refractivity contribution >= 4 is 0 Å². The maximum atomic E-state index is 3.69. The monoisotopic (exact) mass is 112 g/mol. The van der Waals surface area contributed by atoms with Gasteiger partial charge in [-0.1, -0.05) is 6.08 Å². The van der Waals surface area contributed by atoms with Crippen LogP contribution in [0.15, 0.2) is 12.7 Å². The number of nitrogens with one attached hydrogen (secondary N) is 1. The van der Waals surface area contributed by atoms with E-state index >= 15 is 0 Å². The fourth-order valence-corrected chi connectivity index (χ4v) is 0.947. The summed E-state index contributed by atoms with van der Waals surface area (Å²) in [4.78, 5) is 2.23. The van der Waals surface area contributed by atoms with E-state index in [1.807, 2.05) is 6.08 Å². The van der Waals surface area contributed by atoms with Crippen molar-refractivity contribution in [2.24, 2.45) is 0 Å². The van der Waals surface area contributed by atoms with Crippen LogP contribution in [0.1, 0.15) is 0 Å². The van der Waals surface area contributed by atoms with Gasteiger partial charge in [0, 0.05) is 13.1 Å². The molecule has 0 amide bonds. The maximum Gasteiger partial charge on any atom is 0.0785 e. The number of hydrogen-bond donors (Lipinski definition) is 1. The molecule has 8 heavy (non-hydrogen) atoms. The molecule has 1 saturated heterocycles. The van der Waals surface area contributed by atoms with Crippen LogP contribution in [0.2, 0.25) is 0 Å². The van der Waals surface area contributed by atoms with Gasteiger partial charge in [-0.3, -0.25) is 10.2 Å². The van der Waals surface area contributed by atoms with E-state index in [4.69, 9.17) is 0 Å². The van der Waals surface area contributed by atoms with Crippen LogP contribution in [-0.2, 0) is 0 Å². The number of rotatable bonds is 1. The van der Waals surface area contributed by atoms with Crippen LogP contribution in [0, 0.1) is 0 Å². The Morgan fingerprint density at radius 1 is 1.88 bits per heavy atom. The Morgan fingerprint density at radius 3 is 2.88 bits per heavy atom. The van der Waals surface area contributed by atoms with Gasteiger partial charge in [0.1, 0.15) is 0 Å². The van der Waals surface area contributed by atoms with E-state index in [9.17, 15) is 0 Å². The van der Waals surface area contributed by atoms with E-state index < -0.39 is 0 Å². The highest BCUT2D eigenvalue weighted by atomic mass is 15.3. The van der Waals surface area contributed by atoms with E-state index in [0.29, 0.717) is 6.17 Å². The lowest BCUT2D eigenvalue weighted by atomic mass is 10.5. The van der Waals surface area contributed by atoms with Gasteiger partial charge in [0.15, 0.2) is 0 Å². The quantitative estimate of drug-likeness (QED) is 0.481. The third-order valence-corrected chi connectivity index (χ3v) is 1.52. The summed E-state index contributed by atoms with van der Waals surface area (Å²) in [6.07, 6.45) is 2.34. The summed E-state index contributed by atoms with van der Waals surface area (Å²) < 4.78 is 0. The Balaban J connectivity index is 2.41. The molecule has 1 fully saturated rings. The fourth-order valence-electron chi connectivity index (χ4n) is 0.947. The molecule has 1 aliphatic rings. The number of nitrogens with zero attached hydrogens (tertiary/aromatic N) is 1. The first kappa shape index (κ1) is 5.79. The van der Waals surface area contributed by atoms with E-state index in [-0.39, 0.29) is 0 Å². The lowest BCUT2D eigenvalue weighted by Gasteiger charge is -2.13. The topological polar surface area (TPSA) is 15.3 Å². The number of hydrogen-bond acceptors (Lipinski definition) is 2. The van der Waals surface area contributed by atoms with Gasteiger partial charge in [-0.05, 0) is 7.05 Å². The van der Waals surface area contributed by atoms with Crippen LogP contribution < -0.4 is 5.32 Å². The number of likely N-dealkylation sites (N-methyl/N-ethyl adjacent to an activating group) is 1. The zero-order chi connectivity index (χ0) is 5.98. The van der Waals surface area contributed by atoms with Gasteiger partial charge in [-0.2, -0.15) is 0 Å². The summed E-state index contributed by atoms with van der Waals surface area (Å²) in [7, 11) is 2.09. The summed E-state index contributed by atoms with van der Waals surface area (Å²) in [6.45, 7) is 5.92. The summed E-state index contributed by atoms with van der Waals surface area (Å²) in [5, 5.41) is 3.26. The molecule has 0 aromatic carbocycles. The second kappa shape index (κ2) is 2.29. The molecule has 1 N–H and O–H groups in total. The zero-order valence-electron chi connectivity index (χ0n) is 5.22. The molecule has 0 saturated carbocycles. The summed E-state index contributed by atoms with van der Waals surface area (Å²) in [5.74, 6) is 0. The van der Waals surface area contributed by atoms with Crippen molar-refractivity contribution in [3.05, 3.63) is 12.7 Å². The average molecular weight is 112 g/mol. The van der Waals surface area contributed by atoms with Crippen molar-refractivity contribution in [3.8, 4) is 0 Å². The third kappa shape index (κ3) is 0.904. The Hall–Kier alpha value is -0.340. The first-order valence-corrected chi connectivity index (χ1v) is 2.91. The van der Waals surface area contributed by atoms with Crippen LogP contribution in [0.5, 0.6) is 0 Å². The molecule has 1 heterocycles. The minimum absolute atomic E-state index is 0.412. The zero-order valence-corrected chi connectivity index (χ0v) is 5.22. The van der Waals surface area contributed by atoms with Crippen LogP contribution in [-0.4, -0.2) is 31.2 Å². The molecule has 2 heteroatoms. The molecule has 1 rings (SSSR count). The van der Waals surface area contributed by atoms with Crippen molar-refractivity contribution in [1.82, 2.24) is 10.2 Å². The molecule has 0 aromatic rings. The Labute approximate surface area is 50.2 Å². The first-order chi connectivity index (χ1) is 3.84. The summed E-state index contributed by atoms with van der Waals surface area (Å²) in [5.41, 5.74) is 0.